The highest BCUT2D eigenvalue weighted by Crippen LogP contribution is 2.86. The second-order valence-corrected chi connectivity index (χ2v) is 20.9. The Hall–Kier alpha value is -2.26. The van der Waals surface area contributed by atoms with Gasteiger partial charge in [-0.15, -0.1) is 0 Å². The molecule has 8 atom stereocenters. The molecule has 1 spiro atoms. The van der Waals surface area contributed by atoms with Crippen molar-refractivity contribution in [3.05, 3.63) is 45.5 Å². The van der Waals surface area contributed by atoms with Crippen LogP contribution in [0.5, 0.6) is 0 Å². The quantitative estimate of drug-likeness (QED) is 0.191. The van der Waals surface area contributed by atoms with Crippen LogP contribution in [0.2, 0.25) is 5.02 Å². The number of allylic oxidation sites excluding steroid dienone is 1. The van der Waals surface area contributed by atoms with Gasteiger partial charge in [0.15, 0.2) is 5.78 Å². The van der Waals surface area contributed by atoms with Gasteiger partial charge in [-0.3, -0.25) is 19.3 Å². The van der Waals surface area contributed by atoms with E-state index in [1.54, 1.807) is 13.8 Å². The zero-order valence-corrected chi connectivity index (χ0v) is 36.2. The zero-order valence-electron chi connectivity index (χ0n) is 35.4. The first-order valence-corrected chi connectivity index (χ1v) is 21.5. The Morgan fingerprint density at radius 3 is 2.36 bits per heavy atom. The van der Waals surface area contributed by atoms with Crippen molar-refractivity contribution in [3.63, 3.8) is 0 Å². The van der Waals surface area contributed by atoms with E-state index in [0.717, 1.165) is 92.6 Å². The van der Waals surface area contributed by atoms with Gasteiger partial charge in [0.25, 0.3) is 0 Å². The minimum Gasteiger partial charge on any atom is -0.481 e. The van der Waals surface area contributed by atoms with Crippen LogP contribution in [-0.4, -0.2) is 83.7 Å². The molecule has 0 radical (unpaired) electrons. The van der Waals surface area contributed by atoms with Crippen LogP contribution in [0.1, 0.15) is 130 Å². The Bertz CT molecular complexity index is 1720. The summed E-state index contributed by atoms with van der Waals surface area (Å²) in [5.74, 6) is -0.825. The maximum absolute atomic E-state index is 14.5. The van der Waals surface area contributed by atoms with E-state index in [1.807, 2.05) is 13.0 Å². The molecule has 0 aliphatic heterocycles. The lowest BCUT2D eigenvalue weighted by Crippen LogP contribution is -2.59. The van der Waals surface area contributed by atoms with Crippen LogP contribution in [0.4, 0.5) is 0 Å². The maximum Gasteiger partial charge on any atom is 0.309 e. The summed E-state index contributed by atoms with van der Waals surface area (Å²) in [5, 5.41) is 23.3. The number of carbonyl (C=O) groups excluding carboxylic acids is 2. The minimum atomic E-state index is -1.18. The standard InChI is InChI=1S/C46H69ClN2O6/c1-29(2)38-33(50)24-45(35(51)27-49(22-21-48(9)10)26-31-15-14-30(3)23-32(31)47)17-12-11-13-34-42(6,39(38)45)19-20-46-28-44(46,8)36(16-18-43(34,46)7)55-37(52)25-41(4,5)40(53)54/h14-15,23,29,34-36,51H,11-13,16-22,24-28H2,1-10H3,(H,53,54)/t34?,35?,36?,42?,43?,44?,45?,46-/m0/s1. The van der Waals surface area contributed by atoms with Gasteiger partial charge < -0.3 is 19.8 Å². The molecule has 6 rings (SSSR count). The van der Waals surface area contributed by atoms with Gasteiger partial charge in [0.05, 0.1) is 17.9 Å². The molecule has 306 valence electrons. The van der Waals surface area contributed by atoms with Gasteiger partial charge in [0.1, 0.15) is 6.10 Å². The first kappa shape index (κ1) is 42.3. The molecule has 0 bridgehead atoms. The Morgan fingerprint density at radius 2 is 1.73 bits per heavy atom. The number of nitrogens with zero attached hydrogens (tertiary/aromatic N) is 2. The fourth-order valence-corrected chi connectivity index (χ4v) is 13.3. The molecule has 4 saturated carbocycles. The summed E-state index contributed by atoms with van der Waals surface area (Å²) in [7, 11) is 4.15. The molecular formula is C46H69ClN2O6. The van der Waals surface area contributed by atoms with E-state index in [4.69, 9.17) is 16.3 Å². The number of carbonyl (C=O) groups is 3. The Balaban J connectivity index is 1.34. The average molecular weight is 782 g/mol. The molecule has 4 fully saturated rings. The molecule has 8 nitrogen and oxygen atoms in total. The molecule has 1 aromatic carbocycles. The van der Waals surface area contributed by atoms with Crippen molar-refractivity contribution in [2.24, 2.45) is 44.3 Å². The van der Waals surface area contributed by atoms with Gasteiger partial charge in [-0.1, -0.05) is 71.2 Å². The lowest BCUT2D eigenvalue weighted by atomic mass is 9.41. The summed E-state index contributed by atoms with van der Waals surface area (Å²) < 4.78 is 6.23. The molecule has 0 heterocycles. The zero-order chi connectivity index (χ0) is 40.5. The summed E-state index contributed by atoms with van der Waals surface area (Å²) in [6.07, 6.45) is 7.79. The number of ether oxygens (including phenoxy) is 1. The van der Waals surface area contributed by atoms with Crippen molar-refractivity contribution in [2.75, 3.05) is 33.7 Å². The number of hydrogen-bond donors (Lipinski definition) is 2. The highest BCUT2D eigenvalue weighted by atomic mass is 35.5. The third-order valence-corrected chi connectivity index (χ3v) is 16.4. The average Bonchev–Trinajstić information content (AvgIpc) is 3.61. The van der Waals surface area contributed by atoms with Crippen molar-refractivity contribution in [1.29, 1.82) is 0 Å². The predicted molar refractivity (Wildman–Crippen MR) is 218 cm³/mol. The van der Waals surface area contributed by atoms with E-state index in [-0.39, 0.29) is 45.9 Å². The van der Waals surface area contributed by atoms with Gasteiger partial charge in [-0.05, 0) is 136 Å². The summed E-state index contributed by atoms with van der Waals surface area (Å²) >= 11 is 6.78. The number of carboxylic acids is 1. The number of fused-ring (bicyclic) bond motifs is 4. The molecule has 2 N–H and O–H groups in total. The third-order valence-electron chi connectivity index (χ3n) is 16.0. The molecule has 0 amide bonds. The number of aryl methyl sites for hydroxylation is 1. The van der Waals surface area contributed by atoms with Crippen molar-refractivity contribution in [1.82, 2.24) is 9.80 Å². The number of rotatable bonds is 13. The van der Waals surface area contributed by atoms with Crippen LogP contribution in [0, 0.1) is 51.2 Å². The highest BCUT2D eigenvalue weighted by molar-refractivity contribution is 6.31. The van der Waals surface area contributed by atoms with Crippen LogP contribution in [0.3, 0.4) is 0 Å². The van der Waals surface area contributed by atoms with Crippen molar-refractivity contribution >= 4 is 29.3 Å². The van der Waals surface area contributed by atoms with E-state index in [2.05, 4.69) is 70.6 Å². The summed E-state index contributed by atoms with van der Waals surface area (Å²) in [6.45, 7) is 19.5. The third kappa shape index (κ3) is 7.05. The van der Waals surface area contributed by atoms with E-state index >= 15 is 0 Å². The number of likely N-dealkylation sites (N-methyl/N-ethyl adjacent to an activating group) is 1. The Morgan fingerprint density at radius 1 is 1.02 bits per heavy atom. The van der Waals surface area contributed by atoms with Gasteiger partial charge in [0, 0.05) is 48.5 Å². The fourth-order valence-electron chi connectivity index (χ4n) is 13.0. The molecule has 0 saturated heterocycles. The molecule has 1 aromatic rings. The number of esters is 1. The van der Waals surface area contributed by atoms with E-state index < -0.39 is 28.9 Å². The smallest absolute Gasteiger partial charge is 0.309 e. The normalized spacial score (nSPS) is 35.1. The Kier molecular flexibility index (Phi) is 11.4. The number of benzene rings is 1. The fraction of sp³-hybridized carbons (Fsp3) is 0.761. The first-order valence-electron chi connectivity index (χ1n) is 21.1. The van der Waals surface area contributed by atoms with Crippen LogP contribution in [0.15, 0.2) is 29.3 Å². The second kappa shape index (κ2) is 14.8. The number of ketones is 1. The minimum absolute atomic E-state index is 0.00755. The molecular weight excluding hydrogens is 712 g/mol. The molecule has 5 aliphatic carbocycles. The van der Waals surface area contributed by atoms with Crippen LogP contribution in [0.25, 0.3) is 0 Å². The number of hydrogen-bond acceptors (Lipinski definition) is 7. The van der Waals surface area contributed by atoms with Gasteiger partial charge >= 0.3 is 11.9 Å². The topological polar surface area (TPSA) is 107 Å². The SMILES string of the molecule is Cc1ccc(CN(CCN(C)C)CC(O)C23CCCCC4C(C)(CC[C@@]56CC5(C)C(OC(=O)CC(C)(C)C(=O)O)CCC46C)C2=C(C(C)C)C(=O)C3)c(Cl)c1. The predicted octanol–water partition coefficient (Wildman–Crippen LogP) is 8.88. The summed E-state index contributed by atoms with van der Waals surface area (Å²) in [6, 6.07) is 6.21. The molecule has 5 aliphatic rings. The maximum atomic E-state index is 14.5. The Labute approximate surface area is 335 Å². The van der Waals surface area contributed by atoms with Crippen LogP contribution < -0.4 is 0 Å². The van der Waals surface area contributed by atoms with Crippen LogP contribution >= 0.6 is 11.6 Å². The van der Waals surface area contributed by atoms with E-state index in [9.17, 15) is 24.6 Å². The van der Waals surface area contributed by atoms with Gasteiger partial charge in [0.2, 0.25) is 0 Å². The molecule has 9 heteroatoms. The lowest BCUT2D eigenvalue weighted by molar-refractivity contribution is -0.175. The molecule has 7 unspecified atom stereocenters. The number of Topliss-reactive ketones (excluding diaryl/α,β-unsaturated/α-hetero) is 1. The largest absolute Gasteiger partial charge is 0.481 e. The van der Waals surface area contributed by atoms with Crippen molar-refractivity contribution < 1.29 is 29.3 Å². The van der Waals surface area contributed by atoms with Gasteiger partial charge in [-0.25, -0.2) is 0 Å². The van der Waals surface area contributed by atoms with E-state index in [1.165, 1.54) is 5.57 Å². The second-order valence-electron chi connectivity index (χ2n) is 20.5. The first-order chi connectivity index (χ1) is 25.6. The highest BCUT2D eigenvalue weighted by Gasteiger charge is 2.81. The number of aliphatic hydroxyl groups is 1. The number of halogens is 1. The number of aliphatic hydroxyl groups excluding tert-OH is 1. The number of aliphatic carboxylic acids is 1. The van der Waals surface area contributed by atoms with Crippen LogP contribution in [-0.2, 0) is 25.7 Å². The molecule has 55 heavy (non-hydrogen) atoms. The van der Waals surface area contributed by atoms with Gasteiger partial charge in [-0.2, -0.15) is 0 Å². The number of carboxylic acid groups (broad SMARTS) is 1. The monoisotopic (exact) mass is 780 g/mol. The van der Waals surface area contributed by atoms with E-state index in [0.29, 0.717) is 25.4 Å². The summed E-state index contributed by atoms with van der Waals surface area (Å²) in [5.41, 5.74) is 2.13. The van der Waals surface area contributed by atoms with Crippen molar-refractivity contribution in [2.45, 2.75) is 145 Å². The van der Waals surface area contributed by atoms with Crippen molar-refractivity contribution in [3.8, 4) is 0 Å². The summed E-state index contributed by atoms with van der Waals surface area (Å²) in [4.78, 5) is 44.0. The molecule has 0 aromatic heterocycles. The lowest BCUT2D eigenvalue weighted by Gasteiger charge is -2.64.